The molecule has 0 radical (unpaired) electrons. The molecule has 1 aromatic heterocycles. The van der Waals surface area contributed by atoms with Gasteiger partial charge >= 0.3 is 0 Å². The Morgan fingerprint density at radius 1 is 1.50 bits per heavy atom. The first-order valence-corrected chi connectivity index (χ1v) is 6.85. The molecule has 1 saturated heterocycles. The molecule has 1 aliphatic heterocycles. The molecule has 2 heterocycles. The number of pyridine rings is 1. The summed E-state index contributed by atoms with van der Waals surface area (Å²) in [5.74, 6) is 0.271. The van der Waals surface area contributed by atoms with Crippen LogP contribution in [-0.4, -0.2) is 23.9 Å². The van der Waals surface area contributed by atoms with Gasteiger partial charge in [-0.15, -0.1) is 0 Å². The number of hydrogen-bond donors (Lipinski definition) is 1. The van der Waals surface area contributed by atoms with E-state index in [9.17, 15) is 4.79 Å². The number of aryl methyl sites for hydroxylation is 1. The highest BCUT2D eigenvalue weighted by Crippen LogP contribution is 2.35. The van der Waals surface area contributed by atoms with Gasteiger partial charge in [0.1, 0.15) is 0 Å². The van der Waals surface area contributed by atoms with Crippen molar-refractivity contribution >= 4 is 5.78 Å². The molecule has 3 heteroatoms. The normalized spacial score (nSPS) is 23.9. The minimum Gasteiger partial charge on any atom is -0.316 e. The fourth-order valence-electron chi connectivity index (χ4n) is 2.95. The third kappa shape index (κ3) is 2.61. The van der Waals surface area contributed by atoms with Gasteiger partial charge in [0.25, 0.3) is 0 Å². The smallest absolute Gasteiger partial charge is 0.171 e. The van der Waals surface area contributed by atoms with Gasteiger partial charge in [-0.1, -0.05) is 13.3 Å². The Morgan fingerprint density at radius 3 is 2.94 bits per heavy atom. The Hall–Kier alpha value is -1.22. The number of ketones is 1. The molecule has 1 aromatic rings. The first kappa shape index (κ1) is 13.2. The van der Waals surface area contributed by atoms with Crippen molar-refractivity contribution in [2.75, 3.05) is 13.1 Å². The Balaban J connectivity index is 2.28. The van der Waals surface area contributed by atoms with Crippen molar-refractivity contribution in [3.63, 3.8) is 0 Å². The molecular formula is C15H22N2O. The summed E-state index contributed by atoms with van der Waals surface area (Å²) in [5.41, 5.74) is 1.62. The zero-order chi connectivity index (χ0) is 13.0. The molecule has 0 amide bonds. The quantitative estimate of drug-likeness (QED) is 0.831. The number of rotatable bonds is 4. The summed E-state index contributed by atoms with van der Waals surface area (Å²) in [6.07, 6.45) is 7.61. The minimum absolute atomic E-state index is 0.206. The molecule has 1 N–H and O–H groups in total. The third-order valence-corrected chi connectivity index (χ3v) is 3.82. The highest BCUT2D eigenvalue weighted by atomic mass is 16.1. The third-order valence-electron chi connectivity index (χ3n) is 3.82. The van der Waals surface area contributed by atoms with Crippen LogP contribution in [0.25, 0.3) is 0 Å². The molecule has 0 bridgehead atoms. The molecule has 1 unspecified atom stereocenters. The van der Waals surface area contributed by atoms with Gasteiger partial charge in [-0.25, -0.2) is 0 Å². The van der Waals surface area contributed by atoms with Crippen molar-refractivity contribution in [1.82, 2.24) is 10.3 Å². The summed E-state index contributed by atoms with van der Waals surface area (Å²) in [6, 6.07) is 1.96. The van der Waals surface area contributed by atoms with Crippen LogP contribution in [0.3, 0.4) is 0 Å². The minimum atomic E-state index is -0.206. The van der Waals surface area contributed by atoms with E-state index in [1.165, 1.54) is 0 Å². The first-order chi connectivity index (χ1) is 8.68. The fraction of sp³-hybridized carbons (Fsp3) is 0.600. The molecule has 1 atom stereocenters. The standard InChI is InChI=1S/C15H22N2O/c1-3-5-15(6-4-7-16-11-15)14(18)13-8-12(2)9-17-10-13/h8-10,16H,3-7,11H2,1-2H3. The lowest BCUT2D eigenvalue weighted by Gasteiger charge is -2.36. The van der Waals surface area contributed by atoms with Gasteiger partial charge in [0.15, 0.2) is 5.78 Å². The van der Waals surface area contributed by atoms with Gasteiger partial charge in [0.05, 0.1) is 0 Å². The fourth-order valence-corrected chi connectivity index (χ4v) is 2.95. The molecule has 1 aliphatic rings. The van der Waals surface area contributed by atoms with E-state index in [-0.39, 0.29) is 11.2 Å². The van der Waals surface area contributed by atoms with E-state index in [0.717, 1.165) is 49.9 Å². The molecule has 1 fully saturated rings. The Bertz CT molecular complexity index is 417. The Labute approximate surface area is 109 Å². The molecule has 3 nitrogen and oxygen atoms in total. The van der Waals surface area contributed by atoms with Crippen LogP contribution in [0.4, 0.5) is 0 Å². The molecule has 0 aliphatic carbocycles. The van der Waals surface area contributed by atoms with Crippen molar-refractivity contribution in [3.8, 4) is 0 Å². The lowest BCUT2D eigenvalue weighted by Crippen LogP contribution is -2.45. The van der Waals surface area contributed by atoms with Gasteiger partial charge in [-0.05, 0) is 44.4 Å². The summed E-state index contributed by atoms with van der Waals surface area (Å²) in [7, 11) is 0. The van der Waals surface area contributed by atoms with Crippen LogP contribution >= 0.6 is 0 Å². The number of nitrogens with zero attached hydrogens (tertiary/aromatic N) is 1. The van der Waals surface area contributed by atoms with E-state index in [1.807, 2.05) is 13.0 Å². The topological polar surface area (TPSA) is 42.0 Å². The second-order valence-electron chi connectivity index (χ2n) is 5.39. The second kappa shape index (κ2) is 5.61. The maximum absolute atomic E-state index is 12.8. The van der Waals surface area contributed by atoms with Crippen molar-refractivity contribution in [1.29, 1.82) is 0 Å². The molecule has 2 rings (SSSR count). The van der Waals surface area contributed by atoms with Crippen LogP contribution in [0.5, 0.6) is 0 Å². The average molecular weight is 246 g/mol. The summed E-state index contributed by atoms with van der Waals surface area (Å²) in [6.45, 7) is 5.98. The highest BCUT2D eigenvalue weighted by molar-refractivity contribution is 6.00. The summed E-state index contributed by atoms with van der Waals surface area (Å²) in [5, 5.41) is 3.38. The lowest BCUT2D eigenvalue weighted by atomic mass is 9.72. The maximum Gasteiger partial charge on any atom is 0.171 e. The van der Waals surface area contributed by atoms with Gasteiger partial charge in [0.2, 0.25) is 0 Å². The Kier molecular flexibility index (Phi) is 4.12. The number of piperidine rings is 1. The van der Waals surface area contributed by atoms with Gasteiger partial charge in [-0.3, -0.25) is 9.78 Å². The molecule has 98 valence electrons. The zero-order valence-corrected chi connectivity index (χ0v) is 11.3. The number of aromatic nitrogens is 1. The van der Waals surface area contributed by atoms with Crippen molar-refractivity contribution in [2.45, 2.75) is 39.5 Å². The SMILES string of the molecule is CCCC1(C(=O)c2cncc(C)c2)CCCNC1. The van der Waals surface area contributed by atoms with Crippen LogP contribution < -0.4 is 5.32 Å². The number of nitrogens with one attached hydrogen (secondary N) is 1. The van der Waals surface area contributed by atoms with Crippen LogP contribution in [0.15, 0.2) is 18.5 Å². The molecule has 0 aromatic carbocycles. The lowest BCUT2D eigenvalue weighted by molar-refractivity contribution is 0.0717. The first-order valence-electron chi connectivity index (χ1n) is 6.85. The van der Waals surface area contributed by atoms with Crippen LogP contribution in [0.1, 0.15) is 48.5 Å². The van der Waals surface area contributed by atoms with E-state index >= 15 is 0 Å². The van der Waals surface area contributed by atoms with Gasteiger partial charge < -0.3 is 5.32 Å². The van der Waals surface area contributed by atoms with E-state index in [4.69, 9.17) is 0 Å². The largest absolute Gasteiger partial charge is 0.316 e. The number of hydrogen-bond acceptors (Lipinski definition) is 3. The zero-order valence-electron chi connectivity index (χ0n) is 11.3. The van der Waals surface area contributed by atoms with E-state index in [2.05, 4.69) is 17.2 Å². The van der Waals surface area contributed by atoms with Crippen LogP contribution in [0, 0.1) is 12.3 Å². The summed E-state index contributed by atoms with van der Waals surface area (Å²) >= 11 is 0. The molecular weight excluding hydrogens is 224 g/mol. The number of carbonyl (C=O) groups excluding carboxylic acids is 1. The predicted octanol–water partition coefficient (Wildman–Crippen LogP) is 2.74. The molecule has 0 spiro atoms. The average Bonchev–Trinajstić information content (AvgIpc) is 2.39. The predicted molar refractivity (Wildman–Crippen MR) is 72.7 cm³/mol. The second-order valence-corrected chi connectivity index (χ2v) is 5.39. The molecule has 18 heavy (non-hydrogen) atoms. The van der Waals surface area contributed by atoms with Crippen molar-refractivity contribution < 1.29 is 4.79 Å². The summed E-state index contributed by atoms with van der Waals surface area (Å²) in [4.78, 5) is 16.9. The van der Waals surface area contributed by atoms with Crippen molar-refractivity contribution in [2.24, 2.45) is 5.41 Å². The summed E-state index contributed by atoms with van der Waals surface area (Å²) < 4.78 is 0. The Morgan fingerprint density at radius 2 is 2.33 bits per heavy atom. The van der Waals surface area contributed by atoms with Crippen molar-refractivity contribution in [3.05, 3.63) is 29.6 Å². The van der Waals surface area contributed by atoms with Gasteiger partial charge in [-0.2, -0.15) is 0 Å². The van der Waals surface area contributed by atoms with Gasteiger partial charge in [0, 0.05) is 29.9 Å². The van der Waals surface area contributed by atoms with E-state index in [0.29, 0.717) is 0 Å². The van der Waals surface area contributed by atoms with E-state index < -0.39 is 0 Å². The maximum atomic E-state index is 12.8. The monoisotopic (exact) mass is 246 g/mol. The highest BCUT2D eigenvalue weighted by Gasteiger charge is 2.39. The molecule has 0 saturated carbocycles. The van der Waals surface area contributed by atoms with E-state index in [1.54, 1.807) is 12.4 Å². The van der Waals surface area contributed by atoms with Crippen LogP contribution in [0.2, 0.25) is 0 Å². The number of Topliss-reactive ketones (excluding diaryl/α,β-unsaturated/α-hetero) is 1. The van der Waals surface area contributed by atoms with Crippen LogP contribution in [-0.2, 0) is 0 Å². The number of carbonyl (C=O) groups is 1.